The van der Waals surface area contributed by atoms with Crippen molar-refractivity contribution in [3.63, 3.8) is 0 Å². The largest absolute Gasteiger partial charge is 0.476 e. The van der Waals surface area contributed by atoms with Gasteiger partial charge in [-0.15, -0.1) is 0 Å². The van der Waals surface area contributed by atoms with Crippen LogP contribution in [0.25, 0.3) is 0 Å². The van der Waals surface area contributed by atoms with Crippen LogP contribution in [0.15, 0.2) is 42.9 Å². The summed E-state index contributed by atoms with van der Waals surface area (Å²) in [4.78, 5) is 15.5. The smallest absolute Gasteiger partial charge is 0.319 e. The Hall–Kier alpha value is -2.87. The molecule has 0 aromatic carbocycles. The molecule has 0 unspecified atom stereocenters. The van der Waals surface area contributed by atoms with Gasteiger partial charge in [-0.1, -0.05) is 39.3 Å². The molecule has 9 heteroatoms. The molecule has 31 heavy (non-hydrogen) atoms. The molecule has 0 fully saturated rings. The quantitative estimate of drug-likeness (QED) is 0.456. The second-order valence-electron chi connectivity index (χ2n) is 8.39. The Bertz CT molecular complexity index is 1060. The molecule has 0 aliphatic rings. The van der Waals surface area contributed by atoms with E-state index < -0.39 is 22.7 Å². The van der Waals surface area contributed by atoms with Gasteiger partial charge in [0, 0.05) is 23.2 Å². The third-order valence-electron chi connectivity index (χ3n) is 4.84. The number of pyridine rings is 2. The van der Waals surface area contributed by atoms with Crippen molar-refractivity contribution in [3.05, 3.63) is 70.9 Å². The lowest BCUT2D eigenvalue weighted by molar-refractivity contribution is 0.207. The average Bonchev–Trinajstić information content (AvgIpc) is 2.72. The molecule has 0 amide bonds. The van der Waals surface area contributed by atoms with E-state index in [1.54, 1.807) is 12.1 Å². The van der Waals surface area contributed by atoms with Crippen LogP contribution in [0, 0.1) is 11.9 Å². The van der Waals surface area contributed by atoms with Gasteiger partial charge in [0.25, 0.3) is 0 Å². The highest BCUT2D eigenvalue weighted by atomic mass is 35.5. The third kappa shape index (κ3) is 5.85. The van der Waals surface area contributed by atoms with E-state index in [9.17, 15) is 8.78 Å². The van der Waals surface area contributed by atoms with Crippen molar-refractivity contribution in [3.8, 4) is 11.9 Å². The molecule has 3 aromatic heterocycles. The van der Waals surface area contributed by atoms with Gasteiger partial charge in [-0.3, -0.25) is 0 Å². The SMILES string of the molecule is CC(C)(COc1ncc(Cl)c(OCC(C)(C)c2ccnc(F)c2)n1)c1ccnc(F)c1. The number of nitrogens with zero attached hydrogens (tertiary/aromatic N) is 4. The number of rotatable bonds is 8. The molecule has 0 atom stereocenters. The van der Waals surface area contributed by atoms with Gasteiger partial charge in [0.1, 0.15) is 11.6 Å². The highest BCUT2D eigenvalue weighted by molar-refractivity contribution is 6.31. The lowest BCUT2D eigenvalue weighted by Crippen LogP contribution is -2.28. The second kappa shape index (κ2) is 9.09. The van der Waals surface area contributed by atoms with E-state index in [-0.39, 0.29) is 30.1 Å². The molecule has 0 N–H and O–H groups in total. The Morgan fingerprint density at radius 2 is 1.35 bits per heavy atom. The zero-order valence-corrected chi connectivity index (χ0v) is 18.5. The zero-order chi connectivity index (χ0) is 22.6. The fourth-order valence-electron chi connectivity index (χ4n) is 2.81. The molecule has 3 aromatic rings. The van der Waals surface area contributed by atoms with Crippen molar-refractivity contribution in [1.29, 1.82) is 0 Å². The van der Waals surface area contributed by atoms with Crippen LogP contribution in [-0.4, -0.2) is 33.1 Å². The van der Waals surface area contributed by atoms with Crippen molar-refractivity contribution >= 4 is 11.6 Å². The minimum atomic E-state index is -0.557. The summed E-state index contributed by atoms with van der Waals surface area (Å²) in [7, 11) is 0. The first-order valence-corrected chi connectivity index (χ1v) is 9.97. The first kappa shape index (κ1) is 22.8. The van der Waals surface area contributed by atoms with Gasteiger partial charge in [-0.2, -0.15) is 13.8 Å². The molecule has 0 radical (unpaired) electrons. The van der Waals surface area contributed by atoms with Gasteiger partial charge in [0.05, 0.1) is 12.8 Å². The number of aromatic nitrogens is 4. The fourth-order valence-corrected chi connectivity index (χ4v) is 2.96. The molecule has 0 spiro atoms. The molecule has 0 aliphatic heterocycles. The minimum absolute atomic E-state index is 0.0785. The van der Waals surface area contributed by atoms with Gasteiger partial charge in [-0.05, 0) is 35.4 Å². The summed E-state index contributed by atoms with van der Waals surface area (Å²) in [6.07, 6.45) is 4.21. The van der Waals surface area contributed by atoms with E-state index in [2.05, 4.69) is 19.9 Å². The molecule has 164 valence electrons. The normalized spacial score (nSPS) is 12.0. The topological polar surface area (TPSA) is 70.0 Å². The predicted octanol–water partition coefficient (Wildman–Crippen LogP) is 4.91. The lowest BCUT2D eigenvalue weighted by Gasteiger charge is -2.26. The van der Waals surface area contributed by atoms with E-state index in [1.807, 2.05) is 27.7 Å². The van der Waals surface area contributed by atoms with Crippen molar-refractivity contribution in [1.82, 2.24) is 19.9 Å². The molecule has 0 saturated carbocycles. The molecular weight excluding hydrogens is 426 g/mol. The van der Waals surface area contributed by atoms with Crippen molar-refractivity contribution in [2.24, 2.45) is 0 Å². The van der Waals surface area contributed by atoms with E-state index in [4.69, 9.17) is 21.1 Å². The Morgan fingerprint density at radius 3 is 1.87 bits per heavy atom. The summed E-state index contributed by atoms with van der Waals surface area (Å²) in [6, 6.07) is 6.27. The fraction of sp³-hybridized carbons (Fsp3) is 0.364. The monoisotopic (exact) mass is 448 g/mol. The maximum absolute atomic E-state index is 13.5. The van der Waals surface area contributed by atoms with Crippen LogP contribution in [0.1, 0.15) is 38.8 Å². The van der Waals surface area contributed by atoms with Crippen LogP contribution in [0.4, 0.5) is 8.78 Å². The summed E-state index contributed by atoms with van der Waals surface area (Å²) in [5.41, 5.74) is 0.429. The lowest BCUT2D eigenvalue weighted by atomic mass is 9.86. The van der Waals surface area contributed by atoms with E-state index >= 15 is 0 Å². The Morgan fingerprint density at radius 1 is 0.839 bits per heavy atom. The Labute approximate surface area is 184 Å². The van der Waals surface area contributed by atoms with Crippen molar-refractivity contribution < 1.29 is 18.3 Å². The maximum Gasteiger partial charge on any atom is 0.319 e. The molecule has 0 bridgehead atoms. The van der Waals surface area contributed by atoms with Crippen LogP contribution >= 0.6 is 11.6 Å². The third-order valence-corrected chi connectivity index (χ3v) is 5.10. The minimum Gasteiger partial charge on any atom is -0.476 e. The highest BCUT2D eigenvalue weighted by Crippen LogP contribution is 2.29. The van der Waals surface area contributed by atoms with Gasteiger partial charge >= 0.3 is 6.01 Å². The molecule has 0 aliphatic carbocycles. The summed E-state index contributed by atoms with van der Waals surface area (Å²) in [5.74, 6) is -0.958. The summed E-state index contributed by atoms with van der Waals surface area (Å²) in [5, 5.41) is 0.222. The van der Waals surface area contributed by atoms with Gasteiger partial charge < -0.3 is 9.47 Å². The van der Waals surface area contributed by atoms with Crippen LogP contribution in [0.5, 0.6) is 11.9 Å². The number of ether oxygens (including phenoxy) is 2. The number of hydrogen-bond donors (Lipinski definition) is 0. The zero-order valence-electron chi connectivity index (χ0n) is 17.7. The average molecular weight is 449 g/mol. The summed E-state index contributed by atoms with van der Waals surface area (Å²) < 4.78 is 38.5. The molecule has 0 saturated heterocycles. The van der Waals surface area contributed by atoms with Crippen molar-refractivity contribution in [2.75, 3.05) is 13.2 Å². The van der Waals surface area contributed by atoms with Crippen LogP contribution in [0.3, 0.4) is 0 Å². The second-order valence-corrected chi connectivity index (χ2v) is 8.79. The number of hydrogen-bond acceptors (Lipinski definition) is 6. The summed E-state index contributed by atoms with van der Waals surface area (Å²) in [6.45, 7) is 8.01. The van der Waals surface area contributed by atoms with Gasteiger partial charge in [-0.25, -0.2) is 15.0 Å². The van der Waals surface area contributed by atoms with Gasteiger partial charge in [0.15, 0.2) is 0 Å². The molecule has 6 nitrogen and oxygen atoms in total. The van der Waals surface area contributed by atoms with Crippen LogP contribution in [-0.2, 0) is 10.8 Å². The standard InChI is InChI=1S/C22H23ClF2N4O2/c1-21(2,14-5-7-26-17(24)9-14)12-30-19-16(23)11-28-20(29-19)31-13-22(3,4)15-6-8-27-18(25)10-15/h5-11H,12-13H2,1-4H3. The van der Waals surface area contributed by atoms with E-state index in [1.165, 1.54) is 30.7 Å². The molecule has 3 heterocycles. The maximum atomic E-state index is 13.5. The van der Waals surface area contributed by atoms with Crippen molar-refractivity contribution in [2.45, 2.75) is 38.5 Å². The highest BCUT2D eigenvalue weighted by Gasteiger charge is 2.25. The Kier molecular flexibility index (Phi) is 6.69. The van der Waals surface area contributed by atoms with E-state index in [0.717, 1.165) is 11.1 Å². The van der Waals surface area contributed by atoms with Gasteiger partial charge in [0.2, 0.25) is 17.8 Å². The molecular formula is C22H23ClF2N4O2. The Balaban J connectivity index is 1.69. The van der Waals surface area contributed by atoms with E-state index in [0.29, 0.717) is 0 Å². The molecule has 3 rings (SSSR count). The van der Waals surface area contributed by atoms with Crippen LogP contribution in [0.2, 0.25) is 5.02 Å². The summed E-state index contributed by atoms with van der Waals surface area (Å²) >= 11 is 6.18. The van der Waals surface area contributed by atoms with Crippen LogP contribution < -0.4 is 9.47 Å². The number of halogens is 3. The predicted molar refractivity (Wildman–Crippen MR) is 112 cm³/mol. The first-order valence-electron chi connectivity index (χ1n) is 9.59. The first-order chi connectivity index (χ1) is 14.6.